The van der Waals surface area contributed by atoms with Crippen LogP contribution in [0.3, 0.4) is 0 Å². The third kappa shape index (κ3) is 3.32. The lowest BCUT2D eigenvalue weighted by molar-refractivity contribution is -0.121. The molecule has 86 valence electrons. The maximum absolute atomic E-state index is 11.0. The van der Waals surface area contributed by atoms with E-state index in [1.807, 2.05) is 26.0 Å². The molecule has 1 aliphatic carbocycles. The van der Waals surface area contributed by atoms with E-state index < -0.39 is 0 Å². The average Bonchev–Trinajstić information content (AvgIpc) is 2.51. The summed E-state index contributed by atoms with van der Waals surface area (Å²) in [5.74, 6) is -0.0495. The third-order valence-electron chi connectivity index (χ3n) is 2.27. The first-order chi connectivity index (χ1) is 7.19. The van der Waals surface area contributed by atoms with Crippen molar-refractivity contribution in [2.75, 3.05) is 13.2 Å². The van der Waals surface area contributed by atoms with Crippen LogP contribution in [0, 0.1) is 0 Å². The van der Waals surface area contributed by atoms with Crippen LogP contribution in [0.1, 0.15) is 20.8 Å². The van der Waals surface area contributed by atoms with Crippen LogP contribution in [0.25, 0.3) is 0 Å². The topological polar surface area (TPSA) is 47.6 Å². The Labute approximate surface area is 90.6 Å². The fraction of sp³-hybridized carbons (Fsp3) is 0.727. The average molecular weight is 213 g/mol. The Bertz CT molecular complexity index is 240. The van der Waals surface area contributed by atoms with Crippen molar-refractivity contribution in [1.29, 1.82) is 0 Å². The van der Waals surface area contributed by atoms with Crippen LogP contribution in [0.4, 0.5) is 0 Å². The first kappa shape index (κ1) is 12.2. The summed E-state index contributed by atoms with van der Waals surface area (Å²) < 4.78 is 11.1. The molecule has 4 heteroatoms. The summed E-state index contributed by atoms with van der Waals surface area (Å²) in [7, 11) is 0. The zero-order chi connectivity index (χ0) is 11.3. The number of hydrogen-bond acceptors (Lipinski definition) is 3. The summed E-state index contributed by atoms with van der Waals surface area (Å²) in [4.78, 5) is 11.0. The van der Waals surface area contributed by atoms with Gasteiger partial charge in [-0.15, -0.1) is 0 Å². The van der Waals surface area contributed by atoms with Crippen LogP contribution in [-0.4, -0.2) is 37.4 Å². The minimum absolute atomic E-state index is 0.0493. The van der Waals surface area contributed by atoms with Gasteiger partial charge in [-0.1, -0.05) is 12.2 Å². The van der Waals surface area contributed by atoms with Crippen molar-refractivity contribution in [2.45, 2.75) is 39.0 Å². The van der Waals surface area contributed by atoms with E-state index in [1.165, 1.54) is 6.92 Å². The van der Waals surface area contributed by atoms with E-state index in [-0.39, 0.29) is 24.2 Å². The van der Waals surface area contributed by atoms with Gasteiger partial charge in [0.1, 0.15) is 12.2 Å². The second-order valence-electron chi connectivity index (χ2n) is 3.45. The Morgan fingerprint density at radius 3 is 2.47 bits per heavy atom. The Kier molecular flexibility index (Phi) is 4.78. The molecule has 1 rings (SSSR count). The quantitative estimate of drug-likeness (QED) is 0.689. The van der Waals surface area contributed by atoms with E-state index in [9.17, 15) is 4.79 Å². The monoisotopic (exact) mass is 213 g/mol. The van der Waals surface area contributed by atoms with Crippen LogP contribution in [0.5, 0.6) is 0 Å². The minimum atomic E-state index is -0.0983. The van der Waals surface area contributed by atoms with Gasteiger partial charge in [0.2, 0.25) is 5.91 Å². The molecule has 0 fully saturated rings. The van der Waals surface area contributed by atoms with E-state index in [0.29, 0.717) is 13.2 Å². The van der Waals surface area contributed by atoms with E-state index in [2.05, 4.69) is 5.32 Å². The van der Waals surface area contributed by atoms with Gasteiger partial charge in [0.15, 0.2) is 0 Å². The number of amides is 1. The molecular weight excluding hydrogens is 194 g/mol. The zero-order valence-electron chi connectivity index (χ0n) is 9.53. The Morgan fingerprint density at radius 1 is 1.27 bits per heavy atom. The molecule has 0 aromatic rings. The number of hydrogen-bond donors (Lipinski definition) is 1. The van der Waals surface area contributed by atoms with E-state index in [4.69, 9.17) is 9.47 Å². The van der Waals surface area contributed by atoms with Gasteiger partial charge in [-0.05, 0) is 13.8 Å². The van der Waals surface area contributed by atoms with Gasteiger partial charge in [0.05, 0.1) is 6.04 Å². The van der Waals surface area contributed by atoms with Crippen molar-refractivity contribution in [3.63, 3.8) is 0 Å². The van der Waals surface area contributed by atoms with E-state index >= 15 is 0 Å². The van der Waals surface area contributed by atoms with Crippen LogP contribution < -0.4 is 5.32 Å². The van der Waals surface area contributed by atoms with Crippen LogP contribution in [-0.2, 0) is 14.3 Å². The molecule has 1 amide bonds. The van der Waals surface area contributed by atoms with Gasteiger partial charge >= 0.3 is 0 Å². The van der Waals surface area contributed by atoms with Gasteiger partial charge in [-0.25, -0.2) is 0 Å². The number of nitrogens with one attached hydrogen (secondary N) is 1. The number of rotatable bonds is 5. The molecule has 0 saturated heterocycles. The van der Waals surface area contributed by atoms with E-state index in [0.717, 1.165) is 0 Å². The van der Waals surface area contributed by atoms with Gasteiger partial charge in [0.25, 0.3) is 0 Å². The Hall–Kier alpha value is -0.870. The lowest BCUT2D eigenvalue weighted by Crippen LogP contribution is -2.45. The summed E-state index contributed by atoms with van der Waals surface area (Å²) in [6, 6.07) is -0.0704. The molecule has 15 heavy (non-hydrogen) atoms. The molecule has 1 N–H and O–H groups in total. The normalized spacial score (nSPS) is 29.4. The zero-order valence-corrected chi connectivity index (χ0v) is 9.53. The molecule has 0 heterocycles. The third-order valence-corrected chi connectivity index (χ3v) is 2.27. The van der Waals surface area contributed by atoms with E-state index in [1.54, 1.807) is 0 Å². The molecule has 0 aromatic heterocycles. The summed E-state index contributed by atoms with van der Waals surface area (Å²) in [5, 5.41) is 2.83. The molecular formula is C11H19NO3. The highest BCUT2D eigenvalue weighted by Crippen LogP contribution is 2.18. The maximum atomic E-state index is 11.0. The van der Waals surface area contributed by atoms with Crippen molar-refractivity contribution in [1.82, 2.24) is 5.32 Å². The first-order valence-corrected chi connectivity index (χ1v) is 5.37. The molecule has 0 unspecified atom stereocenters. The molecule has 0 aliphatic heterocycles. The minimum Gasteiger partial charge on any atom is -0.373 e. The molecule has 0 radical (unpaired) electrons. The summed E-state index contributed by atoms with van der Waals surface area (Å²) >= 11 is 0. The molecule has 0 spiro atoms. The molecule has 0 bridgehead atoms. The summed E-state index contributed by atoms with van der Waals surface area (Å²) in [5.41, 5.74) is 0. The molecule has 4 nitrogen and oxygen atoms in total. The maximum Gasteiger partial charge on any atom is 0.217 e. The van der Waals surface area contributed by atoms with Crippen molar-refractivity contribution in [3.8, 4) is 0 Å². The Morgan fingerprint density at radius 2 is 1.93 bits per heavy atom. The van der Waals surface area contributed by atoms with Gasteiger partial charge < -0.3 is 14.8 Å². The predicted molar refractivity (Wildman–Crippen MR) is 57.6 cm³/mol. The summed E-state index contributed by atoms with van der Waals surface area (Å²) in [6.45, 7) is 6.65. The fourth-order valence-corrected chi connectivity index (χ4v) is 1.75. The Balaban J connectivity index is 2.57. The van der Waals surface area contributed by atoms with Crippen molar-refractivity contribution >= 4 is 5.91 Å². The molecule has 1 aliphatic rings. The predicted octanol–water partition coefficient (Wildman–Crippen LogP) is 0.871. The highest BCUT2D eigenvalue weighted by atomic mass is 16.5. The van der Waals surface area contributed by atoms with Crippen molar-refractivity contribution in [2.24, 2.45) is 0 Å². The highest BCUT2D eigenvalue weighted by molar-refractivity contribution is 5.73. The molecule has 3 atom stereocenters. The lowest BCUT2D eigenvalue weighted by Gasteiger charge is -2.25. The number of ether oxygens (including phenoxy) is 2. The SMILES string of the molecule is CCO[C@H]1[C@H](NC(C)=O)C=C[C@H]1OCC. The largest absolute Gasteiger partial charge is 0.373 e. The van der Waals surface area contributed by atoms with Gasteiger partial charge in [-0.3, -0.25) is 4.79 Å². The number of carbonyl (C=O) groups excluding carboxylic acids is 1. The fourth-order valence-electron chi connectivity index (χ4n) is 1.75. The van der Waals surface area contributed by atoms with Crippen LogP contribution >= 0.6 is 0 Å². The van der Waals surface area contributed by atoms with Crippen LogP contribution in [0.15, 0.2) is 12.2 Å². The standard InChI is InChI=1S/C11H19NO3/c1-4-14-10-7-6-9(12-8(3)13)11(10)15-5-2/h6-7,9-11H,4-5H2,1-3H3,(H,12,13)/t9-,10-,11+/m1/s1. The lowest BCUT2D eigenvalue weighted by atomic mass is 10.2. The second kappa shape index (κ2) is 5.88. The molecule has 0 aromatic carbocycles. The smallest absolute Gasteiger partial charge is 0.217 e. The first-order valence-electron chi connectivity index (χ1n) is 5.37. The van der Waals surface area contributed by atoms with Gasteiger partial charge in [-0.2, -0.15) is 0 Å². The summed E-state index contributed by atoms with van der Waals surface area (Å²) in [6.07, 6.45) is 3.73. The highest BCUT2D eigenvalue weighted by Gasteiger charge is 2.33. The number of carbonyl (C=O) groups is 1. The van der Waals surface area contributed by atoms with Crippen molar-refractivity contribution < 1.29 is 14.3 Å². The second-order valence-corrected chi connectivity index (χ2v) is 3.45. The van der Waals surface area contributed by atoms with Crippen LogP contribution in [0.2, 0.25) is 0 Å². The molecule has 0 saturated carbocycles. The van der Waals surface area contributed by atoms with Crippen molar-refractivity contribution in [3.05, 3.63) is 12.2 Å². The van der Waals surface area contributed by atoms with Gasteiger partial charge in [0, 0.05) is 20.1 Å².